The van der Waals surface area contributed by atoms with Crippen LogP contribution in [0.4, 0.5) is 0 Å². The molecule has 1 fully saturated rings. The maximum absolute atomic E-state index is 11.0. The van der Waals surface area contributed by atoms with Crippen LogP contribution in [0, 0.1) is 10.8 Å². The van der Waals surface area contributed by atoms with E-state index in [1.54, 1.807) is 0 Å². The van der Waals surface area contributed by atoms with E-state index in [4.69, 9.17) is 10.2 Å². The minimum atomic E-state index is -1.11. The smallest absolute Gasteiger partial charge is 0.310 e. The third-order valence-corrected chi connectivity index (χ3v) is 3.52. The fourth-order valence-electron chi connectivity index (χ4n) is 2.03. The van der Waals surface area contributed by atoms with Crippen LogP contribution in [0.15, 0.2) is 0 Å². The largest absolute Gasteiger partial charge is 0.481 e. The summed E-state index contributed by atoms with van der Waals surface area (Å²) in [5.41, 5.74) is -2.22. The van der Waals surface area contributed by atoms with E-state index >= 15 is 0 Å². The van der Waals surface area contributed by atoms with E-state index in [1.807, 2.05) is 0 Å². The average Bonchev–Trinajstić information content (AvgIpc) is 2.31. The summed E-state index contributed by atoms with van der Waals surface area (Å²) < 4.78 is 0. The lowest BCUT2D eigenvalue weighted by atomic mass is 9.68. The number of carbonyl (C=O) groups is 2. The summed E-state index contributed by atoms with van der Waals surface area (Å²) in [6.07, 6.45) is 1.57. The van der Waals surface area contributed by atoms with Crippen molar-refractivity contribution in [3.63, 3.8) is 0 Å². The van der Waals surface area contributed by atoms with E-state index in [-0.39, 0.29) is 0 Å². The van der Waals surface area contributed by atoms with Crippen LogP contribution in [0.3, 0.4) is 0 Å². The summed E-state index contributed by atoms with van der Waals surface area (Å²) in [5.74, 6) is -2.01. The van der Waals surface area contributed by atoms with Crippen molar-refractivity contribution in [2.24, 2.45) is 10.8 Å². The van der Waals surface area contributed by atoms with Gasteiger partial charge in [0.15, 0.2) is 0 Å². The summed E-state index contributed by atoms with van der Waals surface area (Å²) in [4.78, 5) is 22.0. The highest BCUT2D eigenvalue weighted by molar-refractivity contribution is 5.86. The number of carboxylic acids is 2. The van der Waals surface area contributed by atoms with E-state index in [0.717, 1.165) is 0 Å². The molecule has 0 heterocycles. The van der Waals surface area contributed by atoms with Gasteiger partial charge >= 0.3 is 11.9 Å². The molecular weight excluding hydrogens is 172 g/mol. The average molecular weight is 186 g/mol. The molecule has 1 saturated carbocycles. The molecule has 0 unspecified atom stereocenters. The molecule has 0 radical (unpaired) electrons. The van der Waals surface area contributed by atoms with Crippen molar-refractivity contribution >= 4 is 11.9 Å². The molecule has 1 rings (SSSR count). The summed E-state index contributed by atoms with van der Waals surface area (Å²) in [5, 5.41) is 18.0. The van der Waals surface area contributed by atoms with Crippen LogP contribution >= 0.6 is 0 Å². The van der Waals surface area contributed by atoms with Crippen LogP contribution < -0.4 is 0 Å². The molecule has 1 aliphatic carbocycles. The SMILES string of the molecule is C[C@]1(C(=O)O)CCC[C@]1(C)C(=O)O. The topological polar surface area (TPSA) is 74.6 Å². The first kappa shape index (κ1) is 10.0. The monoisotopic (exact) mass is 186 g/mol. The van der Waals surface area contributed by atoms with Crippen molar-refractivity contribution in [2.45, 2.75) is 33.1 Å². The molecule has 74 valence electrons. The van der Waals surface area contributed by atoms with Gasteiger partial charge in [-0.05, 0) is 26.7 Å². The Hall–Kier alpha value is -1.06. The Morgan fingerprint density at radius 1 is 1.00 bits per heavy atom. The van der Waals surface area contributed by atoms with Crippen LogP contribution in [0.2, 0.25) is 0 Å². The number of hydrogen-bond donors (Lipinski definition) is 2. The first-order valence-corrected chi connectivity index (χ1v) is 4.31. The van der Waals surface area contributed by atoms with Crippen LogP contribution in [0.25, 0.3) is 0 Å². The first-order chi connectivity index (χ1) is 5.84. The molecule has 0 aromatic carbocycles. The number of carboxylic acid groups (broad SMARTS) is 2. The zero-order chi connectivity index (χ0) is 10.3. The van der Waals surface area contributed by atoms with E-state index in [9.17, 15) is 9.59 Å². The Kier molecular flexibility index (Phi) is 2.10. The van der Waals surface area contributed by atoms with E-state index in [1.165, 1.54) is 13.8 Å². The minimum absolute atomic E-state index is 0.450. The highest BCUT2D eigenvalue weighted by Gasteiger charge is 2.58. The quantitative estimate of drug-likeness (QED) is 0.682. The van der Waals surface area contributed by atoms with Crippen LogP contribution in [0.1, 0.15) is 33.1 Å². The van der Waals surface area contributed by atoms with Crippen LogP contribution in [-0.4, -0.2) is 22.2 Å². The molecule has 0 amide bonds. The van der Waals surface area contributed by atoms with Crippen molar-refractivity contribution in [2.75, 3.05) is 0 Å². The van der Waals surface area contributed by atoms with Gasteiger partial charge in [0, 0.05) is 0 Å². The lowest BCUT2D eigenvalue weighted by Crippen LogP contribution is -2.44. The van der Waals surface area contributed by atoms with Gasteiger partial charge in [-0.1, -0.05) is 6.42 Å². The second kappa shape index (κ2) is 2.72. The molecule has 4 heteroatoms. The second-order valence-electron chi connectivity index (χ2n) is 4.13. The van der Waals surface area contributed by atoms with Crippen LogP contribution in [-0.2, 0) is 9.59 Å². The predicted molar refractivity (Wildman–Crippen MR) is 45.3 cm³/mol. The van der Waals surface area contributed by atoms with Crippen LogP contribution in [0.5, 0.6) is 0 Å². The third kappa shape index (κ3) is 1.12. The Morgan fingerprint density at radius 3 is 1.54 bits per heavy atom. The van der Waals surface area contributed by atoms with Gasteiger partial charge in [0.2, 0.25) is 0 Å². The maximum Gasteiger partial charge on any atom is 0.310 e. The lowest BCUT2D eigenvalue weighted by Gasteiger charge is -2.33. The van der Waals surface area contributed by atoms with Gasteiger partial charge < -0.3 is 10.2 Å². The van der Waals surface area contributed by atoms with Crippen molar-refractivity contribution in [1.29, 1.82) is 0 Å². The standard InChI is InChI=1S/C9H14O4/c1-8(6(10)11)4-3-5-9(8,2)7(12)13/h3-5H2,1-2H3,(H,10,11)(H,12,13)/t8-,9-/m1/s1. The molecule has 2 N–H and O–H groups in total. The Bertz CT molecular complexity index is 234. The summed E-state index contributed by atoms with van der Waals surface area (Å²) in [6.45, 7) is 3.05. The highest BCUT2D eigenvalue weighted by Crippen LogP contribution is 2.52. The fourth-order valence-corrected chi connectivity index (χ4v) is 2.03. The zero-order valence-corrected chi connectivity index (χ0v) is 7.83. The second-order valence-corrected chi connectivity index (χ2v) is 4.13. The molecule has 2 atom stereocenters. The van der Waals surface area contributed by atoms with Crippen molar-refractivity contribution < 1.29 is 19.8 Å². The van der Waals surface area contributed by atoms with Crippen molar-refractivity contribution in [3.05, 3.63) is 0 Å². The minimum Gasteiger partial charge on any atom is -0.481 e. The molecule has 0 aromatic heterocycles. The summed E-state index contributed by atoms with van der Waals surface area (Å²) in [6, 6.07) is 0. The van der Waals surface area contributed by atoms with Gasteiger partial charge in [-0.15, -0.1) is 0 Å². The van der Waals surface area contributed by atoms with Crippen molar-refractivity contribution in [3.8, 4) is 0 Å². The Labute approximate surface area is 76.6 Å². The Morgan fingerprint density at radius 2 is 1.31 bits per heavy atom. The van der Waals surface area contributed by atoms with Gasteiger partial charge in [-0.2, -0.15) is 0 Å². The molecule has 4 nitrogen and oxygen atoms in total. The molecule has 0 aromatic rings. The fraction of sp³-hybridized carbons (Fsp3) is 0.778. The zero-order valence-electron chi connectivity index (χ0n) is 7.83. The van der Waals surface area contributed by atoms with Gasteiger partial charge in [0.25, 0.3) is 0 Å². The summed E-state index contributed by atoms with van der Waals surface area (Å²) in [7, 11) is 0. The third-order valence-electron chi connectivity index (χ3n) is 3.52. The number of rotatable bonds is 2. The molecular formula is C9H14O4. The van der Waals surface area contributed by atoms with E-state index in [2.05, 4.69) is 0 Å². The maximum atomic E-state index is 11.0. The summed E-state index contributed by atoms with van der Waals surface area (Å²) >= 11 is 0. The van der Waals surface area contributed by atoms with Crippen molar-refractivity contribution in [1.82, 2.24) is 0 Å². The predicted octanol–water partition coefficient (Wildman–Crippen LogP) is 1.35. The molecule has 0 bridgehead atoms. The normalized spacial score (nSPS) is 38.9. The number of aliphatic carboxylic acids is 2. The Balaban J connectivity index is 3.11. The van der Waals surface area contributed by atoms with E-state index in [0.29, 0.717) is 19.3 Å². The lowest BCUT2D eigenvalue weighted by molar-refractivity contribution is -0.167. The van der Waals surface area contributed by atoms with Gasteiger partial charge in [0.05, 0.1) is 10.8 Å². The molecule has 0 saturated heterocycles. The van der Waals surface area contributed by atoms with Gasteiger partial charge in [-0.25, -0.2) is 0 Å². The first-order valence-electron chi connectivity index (χ1n) is 4.31. The van der Waals surface area contributed by atoms with Gasteiger partial charge in [-0.3, -0.25) is 9.59 Å². The van der Waals surface area contributed by atoms with Gasteiger partial charge in [0.1, 0.15) is 0 Å². The number of hydrogen-bond acceptors (Lipinski definition) is 2. The van der Waals surface area contributed by atoms with E-state index < -0.39 is 22.8 Å². The molecule has 0 aliphatic heterocycles. The molecule has 1 aliphatic rings. The molecule has 13 heavy (non-hydrogen) atoms. The molecule has 0 spiro atoms. The highest BCUT2D eigenvalue weighted by atomic mass is 16.4.